The standard InChI is InChI=1S/C34H27N2OSi/c1-21-13-15-25-26-17-18-27(35-2)32(34(26)37-33(25)31(21)28-11-8-9-19-36(28)3)22-14-16-24-23-10-6-7-12-29(23)38(4,5)30(24)20-22/h6-20H,1,3-5H3/q+1. The van der Waals surface area contributed by atoms with Crippen molar-refractivity contribution in [3.63, 3.8) is 0 Å². The number of aromatic nitrogens is 1. The number of hydrogen-bond donors (Lipinski definition) is 0. The molecular formula is C34H27N2OSi+. The van der Waals surface area contributed by atoms with Crippen molar-refractivity contribution in [2.45, 2.75) is 20.0 Å². The maximum atomic E-state index is 8.01. The molecule has 0 spiro atoms. The van der Waals surface area contributed by atoms with Gasteiger partial charge in [0.15, 0.2) is 11.9 Å². The zero-order valence-electron chi connectivity index (χ0n) is 22.0. The van der Waals surface area contributed by atoms with E-state index in [1.54, 1.807) is 0 Å². The number of hydrogen-bond acceptors (Lipinski definition) is 1. The summed E-state index contributed by atoms with van der Waals surface area (Å²) >= 11 is 0. The molecule has 4 heteroatoms. The lowest BCUT2D eigenvalue weighted by molar-refractivity contribution is -0.660. The van der Waals surface area contributed by atoms with Gasteiger partial charge in [0.05, 0.1) is 12.1 Å². The van der Waals surface area contributed by atoms with Gasteiger partial charge in [-0.15, -0.1) is 0 Å². The molecule has 0 saturated carbocycles. The topological polar surface area (TPSA) is 21.4 Å². The van der Waals surface area contributed by atoms with Crippen LogP contribution in [0.5, 0.6) is 0 Å². The van der Waals surface area contributed by atoms with Crippen LogP contribution in [0.3, 0.4) is 0 Å². The van der Waals surface area contributed by atoms with Crippen LogP contribution in [-0.4, -0.2) is 8.07 Å². The van der Waals surface area contributed by atoms with E-state index in [1.165, 1.54) is 21.5 Å². The molecule has 0 bridgehead atoms. The first-order valence-corrected chi connectivity index (χ1v) is 16.0. The van der Waals surface area contributed by atoms with E-state index in [2.05, 4.69) is 109 Å². The third kappa shape index (κ3) is 3.03. The van der Waals surface area contributed by atoms with E-state index in [0.29, 0.717) is 5.69 Å². The Kier molecular flexibility index (Phi) is 4.79. The lowest BCUT2D eigenvalue weighted by Crippen LogP contribution is -2.49. The fourth-order valence-electron chi connectivity index (χ4n) is 6.32. The summed E-state index contributed by atoms with van der Waals surface area (Å²) in [7, 11) is 0.212. The molecule has 1 aliphatic heterocycles. The van der Waals surface area contributed by atoms with Crippen LogP contribution in [0.25, 0.3) is 60.3 Å². The molecule has 7 rings (SSSR count). The highest BCUT2D eigenvalue weighted by molar-refractivity contribution is 7.03. The summed E-state index contributed by atoms with van der Waals surface area (Å²) in [5.41, 5.74) is 10.3. The zero-order valence-corrected chi connectivity index (χ0v) is 23.0. The van der Waals surface area contributed by atoms with E-state index in [4.69, 9.17) is 11.0 Å². The number of nitrogens with zero attached hydrogens (tertiary/aromatic N) is 2. The summed E-state index contributed by atoms with van der Waals surface area (Å²) in [6.45, 7) is 15.0. The molecular weight excluding hydrogens is 480 g/mol. The van der Waals surface area contributed by atoms with Crippen molar-refractivity contribution in [3.8, 4) is 33.5 Å². The molecule has 3 heterocycles. The minimum atomic E-state index is -1.85. The molecule has 0 unspecified atom stereocenters. The average molecular weight is 508 g/mol. The third-order valence-corrected chi connectivity index (χ3v) is 11.8. The van der Waals surface area contributed by atoms with Gasteiger partial charge in [0, 0.05) is 28.5 Å². The molecule has 182 valence electrons. The summed E-state index contributed by atoms with van der Waals surface area (Å²) < 4.78 is 8.92. The van der Waals surface area contributed by atoms with Gasteiger partial charge in [-0.2, -0.15) is 0 Å². The molecule has 2 aromatic heterocycles. The number of aryl methyl sites for hydroxylation is 2. The van der Waals surface area contributed by atoms with Crippen LogP contribution in [0.1, 0.15) is 5.56 Å². The maximum absolute atomic E-state index is 8.01. The molecule has 1 aliphatic rings. The molecule has 0 atom stereocenters. The minimum absolute atomic E-state index is 0.620. The van der Waals surface area contributed by atoms with Crippen molar-refractivity contribution in [3.05, 3.63) is 108 Å². The SMILES string of the molecule is [C-]#[N+]c1ccc2c(oc3c(-c4cccc[n+]4C)c(C)ccc32)c1-c1ccc2c(c1)[Si](C)(C)c1ccccc1-2. The zero-order chi connectivity index (χ0) is 26.2. The van der Waals surface area contributed by atoms with Crippen molar-refractivity contribution < 1.29 is 8.98 Å². The van der Waals surface area contributed by atoms with E-state index in [0.717, 1.165) is 49.9 Å². The Labute approximate surface area is 223 Å². The van der Waals surface area contributed by atoms with Gasteiger partial charge in [-0.3, -0.25) is 0 Å². The van der Waals surface area contributed by atoms with Crippen LogP contribution in [0.4, 0.5) is 5.69 Å². The molecule has 0 radical (unpaired) electrons. The summed E-state index contributed by atoms with van der Waals surface area (Å²) in [5, 5.41) is 5.02. The first-order chi connectivity index (χ1) is 18.4. The predicted octanol–water partition coefficient (Wildman–Crippen LogP) is 7.41. The largest absolute Gasteiger partial charge is 0.456 e. The number of furan rings is 1. The Hall–Kier alpha value is -4.46. The lowest BCUT2D eigenvalue weighted by Gasteiger charge is -2.19. The predicted molar refractivity (Wildman–Crippen MR) is 159 cm³/mol. The van der Waals surface area contributed by atoms with Crippen LogP contribution in [-0.2, 0) is 7.05 Å². The number of benzene rings is 4. The van der Waals surface area contributed by atoms with Crippen molar-refractivity contribution in [1.82, 2.24) is 0 Å². The fourth-order valence-corrected chi connectivity index (χ4v) is 9.43. The monoisotopic (exact) mass is 507 g/mol. The Morgan fingerprint density at radius 1 is 0.763 bits per heavy atom. The van der Waals surface area contributed by atoms with Gasteiger partial charge in [-0.1, -0.05) is 79.8 Å². The Balaban J connectivity index is 1.53. The Bertz CT molecular complexity index is 1990. The maximum Gasteiger partial charge on any atom is 0.216 e. The molecule has 0 fully saturated rings. The Morgan fingerprint density at radius 2 is 1.47 bits per heavy atom. The molecule has 0 aliphatic carbocycles. The summed E-state index contributed by atoms with van der Waals surface area (Å²) in [6.07, 6.45) is 2.06. The smallest absolute Gasteiger partial charge is 0.216 e. The van der Waals surface area contributed by atoms with Crippen molar-refractivity contribution in [2.75, 3.05) is 0 Å². The molecule has 3 nitrogen and oxygen atoms in total. The second kappa shape index (κ2) is 8.02. The summed E-state index contributed by atoms with van der Waals surface area (Å²) in [5.74, 6) is 0. The van der Waals surface area contributed by atoms with Gasteiger partial charge in [-0.25, -0.2) is 9.41 Å². The average Bonchev–Trinajstić information content (AvgIpc) is 3.41. The van der Waals surface area contributed by atoms with Gasteiger partial charge >= 0.3 is 0 Å². The quantitative estimate of drug-likeness (QED) is 0.136. The highest BCUT2D eigenvalue weighted by atomic mass is 28.3. The summed E-state index contributed by atoms with van der Waals surface area (Å²) in [4.78, 5) is 3.95. The van der Waals surface area contributed by atoms with Gasteiger partial charge in [0.25, 0.3) is 0 Å². The Morgan fingerprint density at radius 3 is 2.26 bits per heavy atom. The van der Waals surface area contributed by atoms with Gasteiger partial charge < -0.3 is 4.42 Å². The highest BCUT2D eigenvalue weighted by Gasteiger charge is 2.37. The van der Waals surface area contributed by atoms with Gasteiger partial charge in [0.1, 0.15) is 26.3 Å². The molecule has 0 amide bonds. The summed E-state index contributed by atoms with van der Waals surface area (Å²) in [6, 6.07) is 30.1. The van der Waals surface area contributed by atoms with Crippen LogP contribution in [0.15, 0.2) is 95.5 Å². The second-order valence-electron chi connectivity index (χ2n) is 10.8. The van der Waals surface area contributed by atoms with Gasteiger partial charge in [0.2, 0.25) is 5.69 Å². The number of rotatable bonds is 2. The minimum Gasteiger partial charge on any atom is -0.456 e. The second-order valence-corrected chi connectivity index (χ2v) is 15.1. The van der Waals surface area contributed by atoms with E-state index < -0.39 is 8.07 Å². The first kappa shape index (κ1) is 22.7. The normalized spacial score (nSPS) is 13.4. The van der Waals surface area contributed by atoms with Crippen LogP contribution < -0.4 is 14.9 Å². The third-order valence-electron chi connectivity index (χ3n) is 8.30. The number of pyridine rings is 1. The van der Waals surface area contributed by atoms with Crippen LogP contribution in [0, 0.1) is 13.5 Å². The van der Waals surface area contributed by atoms with Crippen molar-refractivity contribution in [2.24, 2.45) is 7.05 Å². The molecule has 6 aromatic rings. The fraction of sp³-hybridized carbons (Fsp3) is 0.118. The van der Waals surface area contributed by atoms with E-state index in [1.807, 2.05) is 18.2 Å². The first-order valence-electron chi connectivity index (χ1n) is 13.0. The van der Waals surface area contributed by atoms with E-state index in [-0.39, 0.29) is 0 Å². The van der Waals surface area contributed by atoms with Crippen molar-refractivity contribution in [1.29, 1.82) is 0 Å². The lowest BCUT2D eigenvalue weighted by atomic mass is 9.96. The molecule has 38 heavy (non-hydrogen) atoms. The van der Waals surface area contributed by atoms with E-state index in [9.17, 15) is 0 Å². The molecule has 0 N–H and O–H groups in total. The van der Waals surface area contributed by atoms with Crippen LogP contribution in [0.2, 0.25) is 13.1 Å². The van der Waals surface area contributed by atoms with Crippen molar-refractivity contribution >= 4 is 46.1 Å². The van der Waals surface area contributed by atoms with E-state index >= 15 is 0 Å². The van der Waals surface area contributed by atoms with Crippen LogP contribution >= 0.6 is 0 Å². The molecule has 0 saturated heterocycles. The van der Waals surface area contributed by atoms with Gasteiger partial charge in [-0.05, 0) is 45.6 Å². The number of fused-ring (bicyclic) bond motifs is 6. The molecule has 4 aromatic carbocycles. The highest BCUT2D eigenvalue weighted by Crippen LogP contribution is 2.45.